The third kappa shape index (κ3) is 4.63. The monoisotopic (exact) mass is 541 g/mol. The van der Waals surface area contributed by atoms with Crippen molar-refractivity contribution in [1.29, 1.82) is 0 Å². The molecule has 1 N–H and O–H groups in total. The molecule has 5 rings (SSSR count). The number of carbonyl (C=O) groups is 2. The van der Waals surface area contributed by atoms with E-state index in [0.717, 1.165) is 0 Å². The molecule has 0 spiro atoms. The van der Waals surface area contributed by atoms with E-state index in [1.165, 1.54) is 60.7 Å². The van der Waals surface area contributed by atoms with Gasteiger partial charge in [-0.15, -0.1) is 0 Å². The number of nitrogens with one attached hydrogen (secondary N) is 1. The molecule has 0 aromatic heterocycles. The highest BCUT2D eigenvalue weighted by atomic mass is 35.5. The first-order valence-corrected chi connectivity index (χ1v) is 11.9. The molecule has 2 atom stereocenters. The normalized spacial score (nSPS) is 19.3. The third-order valence-electron chi connectivity index (χ3n) is 6.69. The highest BCUT2D eigenvalue weighted by molar-refractivity contribution is 6.30. The summed E-state index contributed by atoms with van der Waals surface area (Å²) in [6, 6.07) is 16.5. The highest BCUT2D eigenvalue weighted by Crippen LogP contribution is 2.48. The number of nitrogens with zero attached hydrogens (tertiary/aromatic N) is 2. The number of benzene rings is 3. The molecule has 3 aromatic carbocycles. The van der Waals surface area contributed by atoms with E-state index < -0.39 is 34.7 Å². The Hall–Kier alpha value is -4.18. The van der Waals surface area contributed by atoms with Gasteiger partial charge in [-0.1, -0.05) is 48.0 Å². The van der Waals surface area contributed by atoms with Gasteiger partial charge < -0.3 is 5.32 Å². The summed E-state index contributed by atoms with van der Waals surface area (Å²) in [7, 11) is 0. The first-order valence-electron chi connectivity index (χ1n) is 11.6. The standard InChI is InChI=1S/C27H19ClF3N3O4/c28-18-10-8-15(9-11-18)25-24-21(13-17(14-23(24)35)16-4-3-5-19(12-16)34(37)38)32-20-6-1-2-7-22(20)33(25)26(36)27(29,30)31/h1-12,17,25,32H,13-14H2/t17-,25-/m1/s1. The summed E-state index contributed by atoms with van der Waals surface area (Å²) in [6.07, 6.45) is -5.13. The van der Waals surface area contributed by atoms with E-state index in [2.05, 4.69) is 5.32 Å². The SMILES string of the molecule is O=C1C[C@H](c2cccc([N+](=O)[O-])c2)CC2=C1[C@@H](c1ccc(Cl)cc1)N(C(=O)C(F)(F)F)c1ccccc1N2. The van der Waals surface area contributed by atoms with Gasteiger partial charge in [-0.05, 0) is 47.7 Å². The molecule has 2 aliphatic rings. The molecule has 7 nitrogen and oxygen atoms in total. The van der Waals surface area contributed by atoms with E-state index in [0.29, 0.717) is 21.2 Å². The van der Waals surface area contributed by atoms with Gasteiger partial charge in [0.25, 0.3) is 5.69 Å². The van der Waals surface area contributed by atoms with E-state index >= 15 is 0 Å². The minimum Gasteiger partial charge on any atom is -0.357 e. The number of hydrogen-bond acceptors (Lipinski definition) is 5. The summed E-state index contributed by atoms with van der Waals surface area (Å²) >= 11 is 6.02. The van der Waals surface area contributed by atoms with Crippen LogP contribution in [0.3, 0.4) is 0 Å². The van der Waals surface area contributed by atoms with Gasteiger partial charge in [-0.25, -0.2) is 0 Å². The van der Waals surface area contributed by atoms with Crippen LogP contribution in [0.25, 0.3) is 0 Å². The second kappa shape index (κ2) is 9.60. The van der Waals surface area contributed by atoms with Crippen molar-refractivity contribution in [2.24, 2.45) is 0 Å². The zero-order valence-corrected chi connectivity index (χ0v) is 20.3. The predicted molar refractivity (Wildman–Crippen MR) is 135 cm³/mol. The largest absolute Gasteiger partial charge is 0.471 e. The van der Waals surface area contributed by atoms with Gasteiger partial charge in [-0.2, -0.15) is 13.2 Å². The van der Waals surface area contributed by atoms with Gasteiger partial charge >= 0.3 is 12.1 Å². The number of amides is 1. The van der Waals surface area contributed by atoms with Gasteiger partial charge in [0, 0.05) is 34.8 Å². The molecule has 38 heavy (non-hydrogen) atoms. The molecule has 3 aromatic rings. The number of fused-ring (bicyclic) bond motifs is 1. The van der Waals surface area contributed by atoms with E-state index in [1.54, 1.807) is 12.1 Å². The van der Waals surface area contributed by atoms with Crippen LogP contribution >= 0.6 is 11.6 Å². The Labute approximate surface area is 219 Å². The van der Waals surface area contributed by atoms with Crippen molar-refractivity contribution in [3.8, 4) is 0 Å². The number of allylic oxidation sites excluding steroid dienone is 1. The number of hydrogen-bond donors (Lipinski definition) is 1. The van der Waals surface area contributed by atoms with Crippen LogP contribution < -0.4 is 10.2 Å². The fourth-order valence-electron chi connectivity index (χ4n) is 5.04. The quantitative estimate of drug-likeness (QED) is 0.294. The zero-order valence-electron chi connectivity index (χ0n) is 19.5. The fourth-order valence-corrected chi connectivity index (χ4v) is 5.16. The van der Waals surface area contributed by atoms with Crippen LogP contribution in [-0.2, 0) is 9.59 Å². The first-order chi connectivity index (χ1) is 18.0. The van der Waals surface area contributed by atoms with Crippen LogP contribution in [0, 0.1) is 10.1 Å². The maximum atomic E-state index is 13.9. The summed E-state index contributed by atoms with van der Waals surface area (Å²) in [4.78, 5) is 38.0. The molecule has 0 radical (unpaired) electrons. The Morgan fingerprint density at radius 3 is 2.39 bits per heavy atom. The van der Waals surface area contributed by atoms with Crippen molar-refractivity contribution < 1.29 is 27.7 Å². The number of halogens is 4. The average Bonchev–Trinajstić information content (AvgIpc) is 3.03. The van der Waals surface area contributed by atoms with Crippen LogP contribution in [0.1, 0.15) is 35.9 Å². The molecule has 0 saturated carbocycles. The van der Waals surface area contributed by atoms with Crippen molar-refractivity contribution in [3.05, 3.63) is 110 Å². The minimum absolute atomic E-state index is 0.0304. The third-order valence-corrected chi connectivity index (χ3v) is 6.94. The van der Waals surface area contributed by atoms with Crippen LogP contribution in [0.5, 0.6) is 0 Å². The first kappa shape index (κ1) is 25.5. The maximum absolute atomic E-state index is 13.9. The van der Waals surface area contributed by atoms with Crippen molar-refractivity contribution in [1.82, 2.24) is 0 Å². The van der Waals surface area contributed by atoms with Crippen molar-refractivity contribution in [2.75, 3.05) is 10.2 Å². The summed E-state index contributed by atoms with van der Waals surface area (Å²) in [5.41, 5.74) is 1.27. The molecule has 194 valence electrons. The number of non-ortho nitro benzene ring substituents is 1. The number of para-hydroxylation sites is 2. The number of rotatable bonds is 3. The number of anilines is 2. The summed E-state index contributed by atoms with van der Waals surface area (Å²) < 4.78 is 41.8. The average molecular weight is 542 g/mol. The minimum atomic E-state index is -5.22. The van der Waals surface area contributed by atoms with Gasteiger partial charge in [0.2, 0.25) is 0 Å². The lowest BCUT2D eigenvalue weighted by Crippen LogP contribution is -2.45. The lowest BCUT2D eigenvalue weighted by atomic mass is 9.78. The fraction of sp³-hybridized carbons (Fsp3) is 0.185. The number of ketones is 1. The number of Topliss-reactive ketones (excluding diaryl/α,β-unsaturated/α-hetero) is 1. The van der Waals surface area contributed by atoms with Gasteiger partial charge in [0.1, 0.15) is 0 Å². The Kier molecular flexibility index (Phi) is 6.44. The topological polar surface area (TPSA) is 92.5 Å². The molecule has 1 amide bonds. The molecule has 11 heteroatoms. The smallest absolute Gasteiger partial charge is 0.357 e. The van der Waals surface area contributed by atoms with E-state index in [1.807, 2.05) is 0 Å². The molecule has 1 aliphatic heterocycles. The number of nitro benzene ring substituents is 1. The molecular weight excluding hydrogens is 523 g/mol. The van der Waals surface area contributed by atoms with Gasteiger partial charge in [0.15, 0.2) is 5.78 Å². The van der Waals surface area contributed by atoms with Crippen molar-refractivity contribution in [2.45, 2.75) is 31.0 Å². The van der Waals surface area contributed by atoms with Crippen molar-refractivity contribution >= 4 is 40.4 Å². The van der Waals surface area contributed by atoms with E-state index in [4.69, 9.17) is 11.6 Å². The molecule has 0 saturated heterocycles. The Morgan fingerprint density at radius 2 is 1.71 bits per heavy atom. The number of nitro groups is 1. The maximum Gasteiger partial charge on any atom is 0.471 e. The molecule has 0 bridgehead atoms. The molecule has 0 fully saturated rings. The van der Waals surface area contributed by atoms with Crippen LogP contribution in [-0.4, -0.2) is 22.8 Å². The Morgan fingerprint density at radius 1 is 1.00 bits per heavy atom. The number of carbonyl (C=O) groups excluding carboxylic acids is 2. The van der Waals surface area contributed by atoms with Gasteiger partial charge in [0.05, 0.1) is 22.3 Å². The Bertz CT molecular complexity index is 1490. The lowest BCUT2D eigenvalue weighted by molar-refractivity contribution is -0.384. The van der Waals surface area contributed by atoms with Crippen molar-refractivity contribution in [3.63, 3.8) is 0 Å². The summed E-state index contributed by atoms with van der Waals surface area (Å²) in [5.74, 6) is -3.05. The van der Waals surface area contributed by atoms with Crippen LogP contribution in [0.4, 0.5) is 30.2 Å². The Balaban J connectivity index is 1.71. The molecule has 0 unspecified atom stereocenters. The van der Waals surface area contributed by atoms with Gasteiger partial charge in [-0.3, -0.25) is 24.6 Å². The van der Waals surface area contributed by atoms with E-state index in [9.17, 15) is 32.9 Å². The summed E-state index contributed by atoms with van der Waals surface area (Å²) in [6.45, 7) is 0. The summed E-state index contributed by atoms with van der Waals surface area (Å²) in [5, 5.41) is 14.7. The zero-order chi connectivity index (χ0) is 27.2. The molecule has 1 heterocycles. The van der Waals surface area contributed by atoms with Crippen LogP contribution in [0.2, 0.25) is 5.02 Å². The molecular formula is C27H19ClF3N3O4. The highest BCUT2D eigenvalue weighted by Gasteiger charge is 2.50. The lowest BCUT2D eigenvalue weighted by Gasteiger charge is -2.35. The van der Waals surface area contributed by atoms with Crippen LogP contribution in [0.15, 0.2) is 84.1 Å². The molecule has 1 aliphatic carbocycles. The predicted octanol–water partition coefficient (Wildman–Crippen LogP) is 6.71. The van der Waals surface area contributed by atoms with E-state index in [-0.39, 0.29) is 41.0 Å². The second-order valence-corrected chi connectivity index (χ2v) is 9.48. The second-order valence-electron chi connectivity index (χ2n) is 9.04. The number of alkyl halides is 3.